The van der Waals surface area contributed by atoms with Crippen LogP contribution in [-0.2, 0) is 17.3 Å². The van der Waals surface area contributed by atoms with E-state index in [2.05, 4.69) is 0 Å². The molecular formula is C22H21F5O3. The van der Waals surface area contributed by atoms with Gasteiger partial charge in [-0.2, -0.15) is 22.0 Å². The van der Waals surface area contributed by atoms with E-state index >= 15 is 0 Å². The molecule has 0 heterocycles. The lowest BCUT2D eigenvalue weighted by molar-refractivity contribution is -0.185. The number of aliphatic carboxylic acids is 1. The first-order chi connectivity index (χ1) is 14.0. The lowest BCUT2D eigenvalue weighted by Gasteiger charge is -2.18. The number of carboxylic acids is 1. The van der Waals surface area contributed by atoms with Gasteiger partial charge in [-0.1, -0.05) is 30.7 Å². The predicted octanol–water partition coefficient (Wildman–Crippen LogP) is 6.58. The number of hydrogen-bond acceptors (Lipinski definition) is 2. The number of ether oxygens (including phenoxy) is 1. The third-order valence-corrected chi connectivity index (χ3v) is 4.26. The molecule has 0 aromatic heterocycles. The van der Waals surface area contributed by atoms with Gasteiger partial charge in [-0.05, 0) is 60.7 Å². The molecule has 0 saturated carbocycles. The van der Waals surface area contributed by atoms with Crippen LogP contribution in [0.3, 0.4) is 0 Å². The fourth-order valence-corrected chi connectivity index (χ4v) is 2.72. The molecule has 30 heavy (non-hydrogen) atoms. The molecule has 0 aliphatic carbocycles. The van der Waals surface area contributed by atoms with Crippen LogP contribution in [0, 0.1) is 0 Å². The molecule has 0 unspecified atom stereocenters. The first-order valence-corrected chi connectivity index (χ1v) is 9.29. The maximum Gasteiger partial charge on any atom is 0.426 e. The molecule has 0 atom stereocenters. The molecule has 3 nitrogen and oxygen atoms in total. The zero-order valence-electron chi connectivity index (χ0n) is 16.0. The third-order valence-electron chi connectivity index (χ3n) is 4.26. The summed E-state index contributed by atoms with van der Waals surface area (Å²) in [4.78, 5) is 10.5. The normalized spacial score (nSPS) is 12.3. The summed E-state index contributed by atoms with van der Waals surface area (Å²) < 4.78 is 69.8. The van der Waals surface area contributed by atoms with Crippen LogP contribution in [0.15, 0.2) is 54.6 Å². The molecule has 0 fully saturated rings. The minimum Gasteiger partial charge on any atom is -0.478 e. The largest absolute Gasteiger partial charge is 0.478 e. The summed E-state index contributed by atoms with van der Waals surface area (Å²) in [6.45, 7) is 0. The van der Waals surface area contributed by atoms with Crippen molar-refractivity contribution in [2.45, 2.75) is 44.4 Å². The van der Waals surface area contributed by atoms with Gasteiger partial charge >= 0.3 is 18.3 Å². The zero-order valence-corrected chi connectivity index (χ0v) is 16.0. The molecule has 0 bridgehead atoms. The summed E-state index contributed by atoms with van der Waals surface area (Å²) in [5.41, 5.74) is 0.896. The van der Waals surface area contributed by atoms with E-state index in [-0.39, 0.29) is 17.7 Å². The number of aryl methyl sites for hydroxylation is 1. The van der Waals surface area contributed by atoms with Gasteiger partial charge in [-0.15, -0.1) is 0 Å². The summed E-state index contributed by atoms with van der Waals surface area (Å²) in [6, 6.07) is 11.0. The Kier molecular flexibility index (Phi) is 7.97. The van der Waals surface area contributed by atoms with Gasteiger partial charge in [0.05, 0.1) is 5.56 Å². The standard InChI is InChI=1S/C22H21F5O3/c23-21(24,25)15-3-1-2-4-16-7-12-19(13-8-16)30-22(26,27)18-10-5-17(6-11-18)9-14-20(28)29/h5-14H,1-4,15H2,(H,28,29)/b14-9+. The van der Waals surface area contributed by atoms with Crippen molar-refractivity contribution in [3.8, 4) is 5.75 Å². The van der Waals surface area contributed by atoms with E-state index in [1.807, 2.05) is 0 Å². The average molecular weight is 428 g/mol. The zero-order chi connectivity index (χ0) is 22.2. The average Bonchev–Trinajstić information content (AvgIpc) is 2.66. The van der Waals surface area contributed by atoms with Crippen LogP contribution in [-0.4, -0.2) is 17.3 Å². The Morgan fingerprint density at radius 3 is 2.10 bits per heavy atom. The highest BCUT2D eigenvalue weighted by atomic mass is 19.4. The van der Waals surface area contributed by atoms with Gasteiger partial charge in [-0.25, -0.2) is 4.79 Å². The Bertz CT molecular complexity index is 841. The number of unbranched alkanes of at least 4 members (excludes halogenated alkanes) is 2. The van der Waals surface area contributed by atoms with E-state index in [9.17, 15) is 26.7 Å². The lowest BCUT2D eigenvalue weighted by Crippen LogP contribution is -2.21. The topological polar surface area (TPSA) is 46.5 Å². The Labute approximate surface area is 170 Å². The summed E-state index contributed by atoms with van der Waals surface area (Å²) in [5, 5.41) is 8.58. The third kappa shape index (κ3) is 8.23. The van der Waals surface area contributed by atoms with Gasteiger partial charge < -0.3 is 9.84 Å². The monoisotopic (exact) mass is 428 g/mol. The van der Waals surface area contributed by atoms with E-state index in [0.717, 1.165) is 23.8 Å². The maximum atomic E-state index is 14.3. The van der Waals surface area contributed by atoms with E-state index in [1.165, 1.54) is 30.3 Å². The predicted molar refractivity (Wildman–Crippen MR) is 102 cm³/mol. The molecule has 0 saturated heterocycles. The van der Waals surface area contributed by atoms with Crippen molar-refractivity contribution >= 4 is 12.0 Å². The van der Waals surface area contributed by atoms with E-state index in [4.69, 9.17) is 9.84 Å². The van der Waals surface area contributed by atoms with Crippen molar-refractivity contribution in [2.24, 2.45) is 0 Å². The highest BCUT2D eigenvalue weighted by molar-refractivity contribution is 5.85. The van der Waals surface area contributed by atoms with Gasteiger partial charge in [0.25, 0.3) is 0 Å². The SMILES string of the molecule is O=C(O)/C=C/c1ccc(C(F)(F)Oc2ccc(CCCCCC(F)(F)F)cc2)cc1. The molecule has 2 aromatic carbocycles. The van der Waals surface area contributed by atoms with Crippen LogP contribution in [0.25, 0.3) is 6.08 Å². The summed E-state index contributed by atoms with van der Waals surface area (Å²) >= 11 is 0. The summed E-state index contributed by atoms with van der Waals surface area (Å²) in [5.74, 6) is -1.19. The Morgan fingerprint density at radius 2 is 1.53 bits per heavy atom. The van der Waals surface area contributed by atoms with Crippen molar-refractivity contribution < 1.29 is 36.6 Å². The van der Waals surface area contributed by atoms with Crippen LogP contribution in [0.2, 0.25) is 0 Å². The Balaban J connectivity index is 1.88. The molecule has 2 aromatic rings. The van der Waals surface area contributed by atoms with Gasteiger partial charge in [0.15, 0.2) is 0 Å². The van der Waals surface area contributed by atoms with Crippen molar-refractivity contribution in [1.29, 1.82) is 0 Å². The number of carbonyl (C=O) groups is 1. The van der Waals surface area contributed by atoms with E-state index in [1.54, 1.807) is 12.1 Å². The minimum atomic E-state index is -4.14. The molecule has 0 spiro atoms. The van der Waals surface area contributed by atoms with Crippen LogP contribution < -0.4 is 4.74 Å². The molecular weight excluding hydrogens is 407 g/mol. The number of halogens is 5. The van der Waals surface area contributed by atoms with Crippen molar-refractivity contribution in [1.82, 2.24) is 0 Å². The maximum absolute atomic E-state index is 14.3. The Hall–Kier alpha value is -2.90. The molecule has 0 amide bonds. The van der Waals surface area contributed by atoms with Gasteiger partial charge in [-0.3, -0.25) is 0 Å². The molecule has 2 rings (SSSR count). The molecule has 162 valence electrons. The molecule has 8 heteroatoms. The summed E-state index contributed by atoms with van der Waals surface area (Å²) in [6.07, 6.45) is -4.70. The van der Waals surface area contributed by atoms with Gasteiger partial charge in [0.2, 0.25) is 0 Å². The van der Waals surface area contributed by atoms with Crippen LogP contribution in [0.4, 0.5) is 22.0 Å². The van der Waals surface area contributed by atoms with E-state index in [0.29, 0.717) is 24.8 Å². The first kappa shape index (κ1) is 23.4. The number of alkyl halides is 5. The number of rotatable bonds is 10. The fourth-order valence-electron chi connectivity index (χ4n) is 2.72. The van der Waals surface area contributed by atoms with Gasteiger partial charge in [0, 0.05) is 12.5 Å². The first-order valence-electron chi connectivity index (χ1n) is 9.29. The van der Waals surface area contributed by atoms with Crippen LogP contribution in [0.1, 0.15) is 42.4 Å². The number of carboxylic acid groups (broad SMARTS) is 1. The highest BCUT2D eigenvalue weighted by Gasteiger charge is 2.34. The number of hydrogen-bond donors (Lipinski definition) is 1. The van der Waals surface area contributed by atoms with Crippen molar-refractivity contribution in [2.75, 3.05) is 0 Å². The fraction of sp³-hybridized carbons (Fsp3) is 0.318. The second-order valence-electron chi connectivity index (χ2n) is 6.73. The quantitative estimate of drug-likeness (QED) is 0.264. The van der Waals surface area contributed by atoms with Gasteiger partial charge in [0.1, 0.15) is 5.75 Å². The number of benzene rings is 2. The minimum absolute atomic E-state index is 0.0457. The summed E-state index contributed by atoms with van der Waals surface area (Å²) in [7, 11) is 0. The lowest BCUT2D eigenvalue weighted by atomic mass is 10.1. The molecule has 0 aliphatic heterocycles. The van der Waals surface area contributed by atoms with Crippen LogP contribution >= 0.6 is 0 Å². The van der Waals surface area contributed by atoms with E-state index < -0.39 is 24.7 Å². The van der Waals surface area contributed by atoms with Crippen LogP contribution in [0.5, 0.6) is 5.75 Å². The van der Waals surface area contributed by atoms with Crippen molar-refractivity contribution in [3.63, 3.8) is 0 Å². The molecule has 1 N–H and O–H groups in total. The Morgan fingerprint density at radius 1 is 0.900 bits per heavy atom. The second-order valence-corrected chi connectivity index (χ2v) is 6.73. The highest BCUT2D eigenvalue weighted by Crippen LogP contribution is 2.32. The smallest absolute Gasteiger partial charge is 0.426 e. The second kappa shape index (κ2) is 10.2. The molecule has 0 aliphatic rings. The molecule has 0 radical (unpaired) electrons. The van der Waals surface area contributed by atoms with Crippen molar-refractivity contribution in [3.05, 3.63) is 71.3 Å².